The van der Waals surface area contributed by atoms with E-state index in [9.17, 15) is 13.2 Å². The number of hydrogen-bond donors (Lipinski definition) is 1. The molecule has 0 spiro atoms. The van der Waals surface area contributed by atoms with Gasteiger partial charge in [0.2, 0.25) is 0 Å². The van der Waals surface area contributed by atoms with Crippen molar-refractivity contribution in [3.63, 3.8) is 0 Å². The van der Waals surface area contributed by atoms with E-state index >= 15 is 0 Å². The van der Waals surface area contributed by atoms with Crippen LogP contribution in [-0.4, -0.2) is 32.0 Å². The molecule has 0 aliphatic heterocycles. The van der Waals surface area contributed by atoms with E-state index < -0.39 is 12.8 Å². The molecule has 0 fully saturated rings. The zero-order chi connectivity index (χ0) is 12.6. The maximum atomic E-state index is 11.8. The Bertz CT molecular complexity index is 204. The van der Waals surface area contributed by atoms with Crippen molar-refractivity contribution in [3.05, 3.63) is 12.2 Å². The minimum atomic E-state index is -4.23. The number of halogens is 3. The molecule has 96 valence electrons. The lowest BCUT2D eigenvalue weighted by atomic mass is 10.1. The molecule has 0 saturated carbocycles. The lowest BCUT2D eigenvalue weighted by Gasteiger charge is -2.18. The van der Waals surface area contributed by atoms with Crippen molar-refractivity contribution in [3.8, 4) is 0 Å². The Kier molecular flexibility index (Phi) is 7.42. The van der Waals surface area contributed by atoms with E-state index in [0.29, 0.717) is 6.42 Å². The van der Waals surface area contributed by atoms with Crippen LogP contribution in [0.3, 0.4) is 0 Å². The van der Waals surface area contributed by atoms with Crippen LogP contribution in [0.1, 0.15) is 26.7 Å². The van der Waals surface area contributed by atoms with Crippen LogP contribution in [0.25, 0.3) is 0 Å². The lowest BCUT2D eigenvalue weighted by molar-refractivity contribution is -0.174. The van der Waals surface area contributed by atoms with Gasteiger partial charge >= 0.3 is 6.18 Å². The topological polar surface area (TPSA) is 21.3 Å². The highest BCUT2D eigenvalue weighted by molar-refractivity contribution is 4.92. The predicted octanol–water partition coefficient (Wildman–Crippen LogP) is 2.90. The molecule has 16 heavy (non-hydrogen) atoms. The zero-order valence-electron chi connectivity index (χ0n) is 9.86. The third kappa shape index (κ3) is 9.98. The highest BCUT2D eigenvalue weighted by atomic mass is 19.4. The summed E-state index contributed by atoms with van der Waals surface area (Å²) >= 11 is 0. The SMILES string of the molecule is C=C(C)CC(CCOCC(F)(F)F)NCC. The first-order valence-corrected chi connectivity index (χ1v) is 5.37. The Morgan fingerprint density at radius 2 is 2.06 bits per heavy atom. The van der Waals surface area contributed by atoms with Gasteiger partial charge in [0.25, 0.3) is 0 Å². The van der Waals surface area contributed by atoms with E-state index in [4.69, 9.17) is 0 Å². The molecule has 1 atom stereocenters. The highest BCUT2D eigenvalue weighted by Crippen LogP contribution is 2.15. The minimum Gasteiger partial charge on any atom is -0.372 e. The van der Waals surface area contributed by atoms with Crippen molar-refractivity contribution in [1.82, 2.24) is 5.32 Å². The van der Waals surface area contributed by atoms with Crippen LogP contribution in [0.4, 0.5) is 13.2 Å². The first-order chi connectivity index (χ1) is 7.35. The number of rotatable bonds is 8. The Hall–Kier alpha value is -0.550. The number of nitrogens with one attached hydrogen (secondary N) is 1. The second-order valence-corrected chi connectivity index (χ2v) is 3.87. The largest absolute Gasteiger partial charge is 0.411 e. The van der Waals surface area contributed by atoms with Gasteiger partial charge in [0.1, 0.15) is 6.61 Å². The Morgan fingerprint density at radius 1 is 1.44 bits per heavy atom. The van der Waals surface area contributed by atoms with Crippen LogP contribution in [0.2, 0.25) is 0 Å². The van der Waals surface area contributed by atoms with Crippen molar-refractivity contribution < 1.29 is 17.9 Å². The fourth-order valence-electron chi connectivity index (χ4n) is 1.40. The van der Waals surface area contributed by atoms with Gasteiger partial charge in [-0.05, 0) is 26.3 Å². The normalized spacial score (nSPS) is 13.8. The van der Waals surface area contributed by atoms with Gasteiger partial charge in [-0.2, -0.15) is 13.2 Å². The second kappa shape index (κ2) is 7.68. The smallest absolute Gasteiger partial charge is 0.372 e. The molecule has 0 aromatic rings. The lowest BCUT2D eigenvalue weighted by Crippen LogP contribution is -2.31. The summed E-state index contributed by atoms with van der Waals surface area (Å²) in [7, 11) is 0. The summed E-state index contributed by atoms with van der Waals surface area (Å²) in [6.45, 7) is 7.38. The summed E-state index contributed by atoms with van der Waals surface area (Å²) in [6.07, 6.45) is -2.90. The summed E-state index contributed by atoms with van der Waals surface area (Å²) in [5, 5.41) is 3.19. The summed E-state index contributed by atoms with van der Waals surface area (Å²) < 4.78 is 39.9. The maximum absolute atomic E-state index is 11.8. The van der Waals surface area contributed by atoms with Gasteiger partial charge in [0.15, 0.2) is 0 Å². The van der Waals surface area contributed by atoms with Crippen molar-refractivity contribution in [2.24, 2.45) is 0 Å². The first-order valence-electron chi connectivity index (χ1n) is 5.37. The molecule has 0 radical (unpaired) electrons. The molecule has 0 amide bonds. The average Bonchev–Trinajstić information content (AvgIpc) is 2.10. The van der Waals surface area contributed by atoms with Crippen LogP contribution in [0.15, 0.2) is 12.2 Å². The molecule has 0 rings (SSSR count). The monoisotopic (exact) mass is 239 g/mol. The van der Waals surface area contributed by atoms with Gasteiger partial charge in [-0.3, -0.25) is 0 Å². The fourth-order valence-corrected chi connectivity index (χ4v) is 1.40. The summed E-state index contributed by atoms with van der Waals surface area (Å²) in [5.41, 5.74) is 1.02. The van der Waals surface area contributed by atoms with E-state index in [2.05, 4.69) is 16.6 Å². The average molecular weight is 239 g/mol. The number of hydrogen-bond acceptors (Lipinski definition) is 2. The molecule has 0 aromatic heterocycles. The number of alkyl halides is 3. The van der Waals surface area contributed by atoms with Crippen LogP contribution < -0.4 is 5.32 Å². The second-order valence-electron chi connectivity index (χ2n) is 3.87. The molecule has 1 N–H and O–H groups in total. The molecule has 1 unspecified atom stereocenters. The highest BCUT2D eigenvalue weighted by Gasteiger charge is 2.27. The quantitative estimate of drug-likeness (QED) is 0.519. The van der Waals surface area contributed by atoms with Crippen molar-refractivity contribution >= 4 is 0 Å². The van der Waals surface area contributed by atoms with Gasteiger partial charge < -0.3 is 10.1 Å². The predicted molar refractivity (Wildman–Crippen MR) is 58.4 cm³/mol. The molecule has 0 heterocycles. The standard InChI is InChI=1S/C11H20F3NO/c1-4-15-10(7-9(2)3)5-6-16-8-11(12,13)14/h10,15H,2,4-8H2,1,3H3. The summed E-state index contributed by atoms with van der Waals surface area (Å²) in [4.78, 5) is 0. The van der Waals surface area contributed by atoms with Crippen LogP contribution in [0.5, 0.6) is 0 Å². The minimum absolute atomic E-state index is 0.116. The molecule has 0 bridgehead atoms. The van der Waals surface area contributed by atoms with Crippen LogP contribution >= 0.6 is 0 Å². The Balaban J connectivity index is 3.71. The van der Waals surface area contributed by atoms with Gasteiger partial charge in [-0.25, -0.2) is 0 Å². The van der Waals surface area contributed by atoms with E-state index in [-0.39, 0.29) is 12.6 Å². The Labute approximate surface area is 94.9 Å². The van der Waals surface area contributed by atoms with Gasteiger partial charge in [-0.15, -0.1) is 6.58 Å². The molecule has 0 aromatic carbocycles. The molecule has 2 nitrogen and oxygen atoms in total. The van der Waals surface area contributed by atoms with Crippen LogP contribution in [0, 0.1) is 0 Å². The van der Waals surface area contributed by atoms with Crippen molar-refractivity contribution in [2.45, 2.75) is 38.9 Å². The van der Waals surface area contributed by atoms with Crippen molar-refractivity contribution in [2.75, 3.05) is 19.8 Å². The van der Waals surface area contributed by atoms with Crippen molar-refractivity contribution in [1.29, 1.82) is 0 Å². The molecular weight excluding hydrogens is 219 g/mol. The third-order valence-corrected chi connectivity index (χ3v) is 1.96. The van der Waals surface area contributed by atoms with Gasteiger partial charge in [0, 0.05) is 12.6 Å². The fraction of sp³-hybridized carbons (Fsp3) is 0.818. The first kappa shape index (κ1) is 15.4. The van der Waals surface area contributed by atoms with E-state index in [1.165, 1.54) is 0 Å². The molecule has 0 aliphatic carbocycles. The van der Waals surface area contributed by atoms with E-state index in [1.807, 2.05) is 13.8 Å². The Morgan fingerprint density at radius 3 is 2.50 bits per heavy atom. The van der Waals surface area contributed by atoms with E-state index in [0.717, 1.165) is 18.5 Å². The van der Waals surface area contributed by atoms with E-state index in [1.54, 1.807) is 0 Å². The molecular formula is C11H20F3NO. The zero-order valence-corrected chi connectivity index (χ0v) is 9.86. The molecule has 5 heteroatoms. The maximum Gasteiger partial charge on any atom is 0.411 e. The summed E-state index contributed by atoms with van der Waals surface area (Å²) in [5.74, 6) is 0. The van der Waals surface area contributed by atoms with Gasteiger partial charge in [0.05, 0.1) is 0 Å². The molecule has 0 saturated heterocycles. The summed E-state index contributed by atoms with van der Waals surface area (Å²) in [6, 6.07) is 0.149. The third-order valence-electron chi connectivity index (χ3n) is 1.96. The molecule has 0 aliphatic rings. The van der Waals surface area contributed by atoms with Gasteiger partial charge in [-0.1, -0.05) is 12.5 Å². The number of ether oxygens (including phenoxy) is 1. The van der Waals surface area contributed by atoms with Crippen LogP contribution in [-0.2, 0) is 4.74 Å².